The third kappa shape index (κ3) is 6.43. The normalized spacial score (nSPS) is 14.8. The number of anilines is 1. The number of nitrogens with one attached hydrogen (secondary N) is 1. The van der Waals surface area contributed by atoms with Crippen LogP contribution in [0.1, 0.15) is 43.0 Å². The molecule has 2 aromatic heterocycles. The van der Waals surface area contributed by atoms with E-state index in [0.29, 0.717) is 12.1 Å². The van der Waals surface area contributed by atoms with Gasteiger partial charge in [-0.3, -0.25) is 9.69 Å². The summed E-state index contributed by atoms with van der Waals surface area (Å²) in [5, 5.41) is 0. The smallest absolute Gasteiger partial charge is 0.367 e. The van der Waals surface area contributed by atoms with Gasteiger partial charge in [-0.1, -0.05) is 69.3 Å². The third-order valence-corrected chi connectivity index (χ3v) is 8.29. The summed E-state index contributed by atoms with van der Waals surface area (Å²) in [6.07, 6.45) is -2.66. The number of hydrogen-bond donors (Lipinski definition) is 1. The first-order chi connectivity index (χ1) is 20.9. The fourth-order valence-corrected chi connectivity index (χ4v) is 5.78. The molecule has 1 aliphatic heterocycles. The number of imidazole rings is 1. The van der Waals surface area contributed by atoms with Crippen LogP contribution in [0.5, 0.6) is 0 Å². The summed E-state index contributed by atoms with van der Waals surface area (Å²) in [5.74, 6) is 0.854. The van der Waals surface area contributed by atoms with Gasteiger partial charge < -0.3 is 14.5 Å². The van der Waals surface area contributed by atoms with E-state index in [0.717, 1.165) is 72.0 Å². The monoisotopic (exact) mass is 599 g/mol. The van der Waals surface area contributed by atoms with E-state index in [1.165, 1.54) is 22.3 Å². The van der Waals surface area contributed by atoms with Gasteiger partial charge in [0.25, 0.3) is 5.56 Å². The highest BCUT2D eigenvalue weighted by Gasteiger charge is 2.30. The molecular formula is C35H36F3N5O. The number of fused-ring (bicyclic) bond motifs is 1. The maximum absolute atomic E-state index is 13.2. The first kappa shape index (κ1) is 29.7. The van der Waals surface area contributed by atoms with Crippen LogP contribution in [0.4, 0.5) is 18.9 Å². The molecule has 3 aromatic carbocycles. The van der Waals surface area contributed by atoms with Crippen molar-refractivity contribution in [2.75, 3.05) is 31.1 Å². The zero-order valence-corrected chi connectivity index (χ0v) is 25.2. The number of H-pyrrole nitrogens is 1. The van der Waals surface area contributed by atoms with Gasteiger partial charge in [0.15, 0.2) is 0 Å². The van der Waals surface area contributed by atoms with Crippen molar-refractivity contribution in [3.63, 3.8) is 0 Å². The van der Waals surface area contributed by atoms with Gasteiger partial charge in [-0.2, -0.15) is 13.2 Å². The lowest BCUT2D eigenvalue weighted by molar-refractivity contribution is -0.137. The number of hydrogen-bond acceptors (Lipinski definition) is 4. The number of rotatable bonds is 6. The highest BCUT2D eigenvalue weighted by Crippen LogP contribution is 2.31. The van der Waals surface area contributed by atoms with E-state index in [4.69, 9.17) is 4.98 Å². The SMILES string of the molecule is CC(C)(C)c1ccc(-c2nc3c(N4CCN(Cc5ccc(=O)n(Cc6cccc(C(F)(F)F)c6)c5)CC4)cccc3[nH]2)cc1. The first-order valence-corrected chi connectivity index (χ1v) is 14.9. The third-order valence-electron chi connectivity index (χ3n) is 8.29. The standard InChI is InChI=1S/C35H36F3N5O/c1-34(2,3)27-13-11-26(12-14-27)33-39-29-8-5-9-30(32(29)40-33)42-18-16-41(17-19-42)21-25-10-15-31(44)43(23-25)22-24-6-4-7-28(20-24)35(36,37)38/h4-15,20,23H,16-19,21-22H2,1-3H3,(H,39,40). The topological polar surface area (TPSA) is 57.2 Å². The Labute approximate surface area is 254 Å². The van der Waals surface area contributed by atoms with Crippen molar-refractivity contribution in [2.24, 2.45) is 0 Å². The molecule has 0 amide bonds. The van der Waals surface area contributed by atoms with Crippen LogP contribution in [0.2, 0.25) is 0 Å². The lowest BCUT2D eigenvalue weighted by Crippen LogP contribution is -2.46. The van der Waals surface area contributed by atoms with Gasteiger partial charge in [0, 0.05) is 50.6 Å². The molecule has 228 valence electrons. The molecule has 1 saturated heterocycles. The number of aromatic amines is 1. The molecule has 0 spiro atoms. The van der Waals surface area contributed by atoms with Crippen molar-refractivity contribution in [3.05, 3.63) is 118 Å². The summed E-state index contributed by atoms with van der Waals surface area (Å²) in [6, 6.07) is 23.2. The molecule has 1 fully saturated rings. The van der Waals surface area contributed by atoms with E-state index in [9.17, 15) is 18.0 Å². The van der Waals surface area contributed by atoms with E-state index in [1.54, 1.807) is 18.3 Å². The van der Waals surface area contributed by atoms with Gasteiger partial charge in [0.05, 0.1) is 23.3 Å². The lowest BCUT2D eigenvalue weighted by atomic mass is 9.87. The summed E-state index contributed by atoms with van der Waals surface area (Å²) >= 11 is 0. The molecule has 0 atom stereocenters. The molecule has 6 nitrogen and oxygen atoms in total. The Morgan fingerprint density at radius 3 is 2.23 bits per heavy atom. The maximum Gasteiger partial charge on any atom is 0.416 e. The van der Waals surface area contributed by atoms with Gasteiger partial charge in [0.1, 0.15) is 11.3 Å². The quantitative estimate of drug-likeness (QED) is 0.227. The average Bonchev–Trinajstić information content (AvgIpc) is 3.44. The Morgan fingerprint density at radius 2 is 1.52 bits per heavy atom. The molecular weight excluding hydrogens is 563 g/mol. The molecule has 0 saturated carbocycles. The van der Waals surface area contributed by atoms with E-state index in [1.807, 2.05) is 0 Å². The Morgan fingerprint density at radius 1 is 0.795 bits per heavy atom. The van der Waals surface area contributed by atoms with E-state index in [-0.39, 0.29) is 17.5 Å². The average molecular weight is 600 g/mol. The minimum atomic E-state index is -4.42. The van der Waals surface area contributed by atoms with Crippen molar-refractivity contribution in [1.29, 1.82) is 0 Å². The van der Waals surface area contributed by atoms with Gasteiger partial charge in [-0.05, 0) is 46.4 Å². The summed E-state index contributed by atoms with van der Waals surface area (Å²) in [7, 11) is 0. The molecule has 3 heterocycles. The number of halogens is 3. The molecule has 6 rings (SSSR count). The lowest BCUT2D eigenvalue weighted by Gasteiger charge is -2.36. The molecule has 0 radical (unpaired) electrons. The van der Waals surface area contributed by atoms with Gasteiger partial charge in [-0.25, -0.2) is 4.98 Å². The van der Waals surface area contributed by atoms with E-state index in [2.05, 4.69) is 78.0 Å². The first-order valence-electron chi connectivity index (χ1n) is 14.9. The molecule has 0 aliphatic carbocycles. The fourth-order valence-electron chi connectivity index (χ4n) is 5.78. The minimum Gasteiger partial charge on any atom is -0.367 e. The Kier molecular flexibility index (Phi) is 7.84. The number of para-hydroxylation sites is 1. The number of benzene rings is 3. The van der Waals surface area contributed by atoms with Crippen LogP contribution in [-0.4, -0.2) is 45.6 Å². The summed E-state index contributed by atoms with van der Waals surface area (Å²) < 4.78 is 41.0. The van der Waals surface area contributed by atoms with Gasteiger partial charge in [0.2, 0.25) is 0 Å². The van der Waals surface area contributed by atoms with Crippen molar-refractivity contribution in [1.82, 2.24) is 19.4 Å². The van der Waals surface area contributed by atoms with Crippen molar-refractivity contribution >= 4 is 16.7 Å². The highest BCUT2D eigenvalue weighted by molar-refractivity contribution is 5.91. The fraction of sp³-hybridized carbons (Fsp3) is 0.314. The Hall–Kier alpha value is -4.37. The number of aromatic nitrogens is 3. The number of nitrogens with zero attached hydrogens (tertiary/aromatic N) is 4. The van der Waals surface area contributed by atoms with Crippen LogP contribution in [0.25, 0.3) is 22.4 Å². The molecule has 0 bridgehead atoms. The molecule has 44 heavy (non-hydrogen) atoms. The van der Waals surface area contributed by atoms with Crippen LogP contribution in [-0.2, 0) is 24.7 Å². The van der Waals surface area contributed by atoms with Gasteiger partial charge >= 0.3 is 6.18 Å². The van der Waals surface area contributed by atoms with E-state index < -0.39 is 11.7 Å². The number of alkyl halides is 3. The molecule has 1 N–H and O–H groups in total. The molecule has 0 unspecified atom stereocenters. The summed E-state index contributed by atoms with van der Waals surface area (Å²) in [4.78, 5) is 25.7. The van der Waals surface area contributed by atoms with Crippen molar-refractivity contribution < 1.29 is 13.2 Å². The van der Waals surface area contributed by atoms with Crippen molar-refractivity contribution in [2.45, 2.75) is 45.5 Å². The van der Waals surface area contributed by atoms with Crippen LogP contribution >= 0.6 is 0 Å². The predicted molar refractivity (Wildman–Crippen MR) is 169 cm³/mol. The highest BCUT2D eigenvalue weighted by atomic mass is 19.4. The van der Waals surface area contributed by atoms with Crippen LogP contribution in [0, 0.1) is 0 Å². The summed E-state index contributed by atoms with van der Waals surface area (Å²) in [5.41, 5.74) is 5.91. The zero-order chi connectivity index (χ0) is 31.1. The minimum absolute atomic E-state index is 0.0841. The molecule has 9 heteroatoms. The second kappa shape index (κ2) is 11.6. The maximum atomic E-state index is 13.2. The second-order valence-electron chi connectivity index (χ2n) is 12.6. The van der Waals surface area contributed by atoms with Gasteiger partial charge in [-0.15, -0.1) is 0 Å². The Balaban J connectivity index is 1.12. The zero-order valence-electron chi connectivity index (χ0n) is 25.2. The summed E-state index contributed by atoms with van der Waals surface area (Å²) in [6.45, 7) is 10.7. The largest absolute Gasteiger partial charge is 0.416 e. The number of pyridine rings is 1. The van der Waals surface area contributed by atoms with Crippen LogP contribution < -0.4 is 10.5 Å². The van der Waals surface area contributed by atoms with Crippen molar-refractivity contribution in [3.8, 4) is 11.4 Å². The molecule has 1 aliphatic rings. The second-order valence-corrected chi connectivity index (χ2v) is 12.6. The number of piperazine rings is 1. The molecule has 5 aromatic rings. The Bertz CT molecular complexity index is 1820. The predicted octanol–water partition coefficient (Wildman–Crippen LogP) is 7.08. The van der Waals surface area contributed by atoms with Crippen LogP contribution in [0.3, 0.4) is 0 Å². The van der Waals surface area contributed by atoms with E-state index >= 15 is 0 Å². The van der Waals surface area contributed by atoms with Crippen LogP contribution in [0.15, 0.2) is 89.9 Å².